The van der Waals surface area contributed by atoms with Crippen molar-refractivity contribution in [1.82, 2.24) is 10.6 Å². The lowest BCUT2D eigenvalue weighted by Crippen LogP contribution is -2.53. The maximum absolute atomic E-state index is 14.1. The summed E-state index contributed by atoms with van der Waals surface area (Å²) in [5, 5.41) is 6.27. The molecule has 1 aromatic rings. The SMILES string of the molecule is O=C(NC1(c2ccc(F)cc2F)CCC1)C1CCNCC1. The van der Waals surface area contributed by atoms with Crippen LogP contribution in [0, 0.1) is 17.6 Å². The van der Waals surface area contributed by atoms with E-state index in [4.69, 9.17) is 0 Å². The van der Waals surface area contributed by atoms with Crippen molar-refractivity contribution in [3.63, 3.8) is 0 Å². The van der Waals surface area contributed by atoms with Crippen molar-refractivity contribution in [3.05, 3.63) is 35.4 Å². The summed E-state index contributed by atoms with van der Waals surface area (Å²) >= 11 is 0. The van der Waals surface area contributed by atoms with Crippen molar-refractivity contribution in [2.24, 2.45) is 5.92 Å². The molecule has 2 aliphatic rings. The number of amides is 1. The smallest absolute Gasteiger partial charge is 0.223 e. The second kappa shape index (κ2) is 5.72. The number of rotatable bonds is 3. The molecule has 1 amide bonds. The molecule has 0 spiro atoms. The molecular weight excluding hydrogens is 274 g/mol. The summed E-state index contributed by atoms with van der Waals surface area (Å²) in [6, 6.07) is 3.62. The lowest BCUT2D eigenvalue weighted by Gasteiger charge is -2.44. The third-order valence-corrected chi connectivity index (χ3v) is 4.73. The fraction of sp³-hybridized carbons (Fsp3) is 0.562. The minimum atomic E-state index is -0.639. The largest absolute Gasteiger partial charge is 0.346 e. The monoisotopic (exact) mass is 294 g/mol. The van der Waals surface area contributed by atoms with Crippen LogP contribution in [0.5, 0.6) is 0 Å². The van der Waals surface area contributed by atoms with E-state index >= 15 is 0 Å². The van der Waals surface area contributed by atoms with E-state index in [2.05, 4.69) is 10.6 Å². The van der Waals surface area contributed by atoms with Gasteiger partial charge < -0.3 is 10.6 Å². The molecule has 1 aliphatic carbocycles. The van der Waals surface area contributed by atoms with E-state index in [0.717, 1.165) is 38.4 Å². The van der Waals surface area contributed by atoms with Crippen LogP contribution in [0.1, 0.15) is 37.7 Å². The molecule has 2 N–H and O–H groups in total. The van der Waals surface area contributed by atoms with Crippen LogP contribution in [-0.2, 0) is 10.3 Å². The highest BCUT2D eigenvalue weighted by Crippen LogP contribution is 2.42. The Bertz CT molecular complexity index is 537. The molecule has 3 rings (SSSR count). The second-order valence-electron chi connectivity index (χ2n) is 6.07. The topological polar surface area (TPSA) is 41.1 Å². The zero-order valence-corrected chi connectivity index (χ0v) is 11.9. The Hall–Kier alpha value is -1.49. The molecule has 0 bridgehead atoms. The first-order valence-corrected chi connectivity index (χ1v) is 7.59. The van der Waals surface area contributed by atoms with Crippen LogP contribution in [0.2, 0.25) is 0 Å². The third kappa shape index (κ3) is 2.79. The number of carbonyl (C=O) groups is 1. The van der Waals surface area contributed by atoms with Crippen LogP contribution < -0.4 is 10.6 Å². The molecule has 0 aromatic heterocycles. The van der Waals surface area contributed by atoms with Crippen molar-refractivity contribution in [2.45, 2.75) is 37.6 Å². The lowest BCUT2D eigenvalue weighted by atomic mass is 9.71. The quantitative estimate of drug-likeness (QED) is 0.899. The van der Waals surface area contributed by atoms with Gasteiger partial charge in [0, 0.05) is 17.5 Å². The number of hydrogen-bond acceptors (Lipinski definition) is 2. The Balaban J connectivity index is 1.78. The third-order valence-electron chi connectivity index (χ3n) is 4.73. The highest BCUT2D eigenvalue weighted by atomic mass is 19.1. The summed E-state index contributed by atoms with van der Waals surface area (Å²) in [4.78, 5) is 12.4. The summed E-state index contributed by atoms with van der Waals surface area (Å²) in [6.07, 6.45) is 4.00. The van der Waals surface area contributed by atoms with Gasteiger partial charge in [-0.05, 0) is 51.3 Å². The molecule has 1 saturated carbocycles. The fourth-order valence-corrected chi connectivity index (χ4v) is 3.29. The summed E-state index contributed by atoms with van der Waals surface area (Å²) in [5.74, 6) is -1.16. The highest BCUT2D eigenvalue weighted by molar-refractivity contribution is 5.80. The van der Waals surface area contributed by atoms with Gasteiger partial charge in [0.05, 0.1) is 5.54 Å². The van der Waals surface area contributed by atoms with Crippen LogP contribution >= 0.6 is 0 Å². The van der Waals surface area contributed by atoms with Gasteiger partial charge in [0.25, 0.3) is 0 Å². The standard InChI is InChI=1S/C16H20F2N2O/c17-12-2-3-13(14(18)10-12)16(6-1-7-16)20-15(21)11-4-8-19-9-5-11/h2-3,10-11,19H,1,4-9H2,(H,20,21). The summed E-state index contributed by atoms with van der Waals surface area (Å²) in [6.45, 7) is 1.69. The number of carbonyl (C=O) groups excluding carboxylic acids is 1. The average molecular weight is 294 g/mol. The zero-order valence-electron chi connectivity index (χ0n) is 11.9. The molecule has 0 radical (unpaired) electrons. The number of benzene rings is 1. The minimum Gasteiger partial charge on any atom is -0.346 e. The molecule has 5 heteroatoms. The van der Waals surface area contributed by atoms with Crippen LogP contribution in [0.25, 0.3) is 0 Å². The van der Waals surface area contributed by atoms with Crippen LogP contribution in [-0.4, -0.2) is 19.0 Å². The van der Waals surface area contributed by atoms with Crippen molar-refractivity contribution in [2.75, 3.05) is 13.1 Å². The summed E-state index contributed by atoms with van der Waals surface area (Å²) in [7, 11) is 0. The highest BCUT2D eigenvalue weighted by Gasteiger charge is 2.43. The Morgan fingerprint density at radius 2 is 1.95 bits per heavy atom. The molecular formula is C16H20F2N2O. The van der Waals surface area contributed by atoms with Gasteiger partial charge in [-0.25, -0.2) is 8.78 Å². The van der Waals surface area contributed by atoms with E-state index in [1.54, 1.807) is 0 Å². The summed E-state index contributed by atoms with van der Waals surface area (Å²) in [5.41, 5.74) is -0.225. The number of halogens is 2. The van der Waals surface area contributed by atoms with E-state index in [1.165, 1.54) is 12.1 Å². The molecule has 1 aromatic carbocycles. The fourth-order valence-electron chi connectivity index (χ4n) is 3.29. The number of piperidine rings is 1. The molecule has 1 saturated heterocycles. The van der Waals surface area contributed by atoms with Crippen molar-refractivity contribution >= 4 is 5.91 Å². The normalized spacial score (nSPS) is 21.6. The Labute approximate surface area is 123 Å². The van der Waals surface area contributed by atoms with Crippen molar-refractivity contribution in [3.8, 4) is 0 Å². The van der Waals surface area contributed by atoms with Gasteiger partial charge in [-0.15, -0.1) is 0 Å². The van der Waals surface area contributed by atoms with E-state index in [1.807, 2.05) is 0 Å². The van der Waals surface area contributed by atoms with Crippen LogP contribution in [0.3, 0.4) is 0 Å². The van der Waals surface area contributed by atoms with E-state index in [-0.39, 0.29) is 11.8 Å². The molecule has 1 aliphatic heterocycles. The predicted molar refractivity (Wildman–Crippen MR) is 75.6 cm³/mol. The molecule has 114 valence electrons. The average Bonchev–Trinajstić information content (AvgIpc) is 2.44. The van der Waals surface area contributed by atoms with Gasteiger partial charge in [0.15, 0.2) is 0 Å². The van der Waals surface area contributed by atoms with Crippen molar-refractivity contribution < 1.29 is 13.6 Å². The molecule has 0 unspecified atom stereocenters. The van der Waals surface area contributed by atoms with E-state index < -0.39 is 17.2 Å². The maximum atomic E-state index is 14.1. The predicted octanol–water partition coefficient (Wildman–Crippen LogP) is 2.46. The Morgan fingerprint density at radius 3 is 2.52 bits per heavy atom. The molecule has 3 nitrogen and oxygen atoms in total. The molecule has 21 heavy (non-hydrogen) atoms. The van der Waals surface area contributed by atoms with Gasteiger partial charge >= 0.3 is 0 Å². The van der Waals surface area contributed by atoms with Gasteiger partial charge in [-0.2, -0.15) is 0 Å². The van der Waals surface area contributed by atoms with Gasteiger partial charge in [0.2, 0.25) is 5.91 Å². The molecule has 0 atom stereocenters. The lowest BCUT2D eigenvalue weighted by molar-refractivity contribution is -0.129. The first-order valence-electron chi connectivity index (χ1n) is 7.59. The zero-order chi connectivity index (χ0) is 14.9. The van der Waals surface area contributed by atoms with Crippen molar-refractivity contribution in [1.29, 1.82) is 0 Å². The van der Waals surface area contributed by atoms with Crippen LogP contribution in [0.15, 0.2) is 18.2 Å². The number of hydrogen-bond donors (Lipinski definition) is 2. The van der Waals surface area contributed by atoms with Crippen LogP contribution in [0.4, 0.5) is 8.78 Å². The molecule has 2 fully saturated rings. The molecule has 1 heterocycles. The first-order chi connectivity index (χ1) is 10.1. The van der Waals surface area contributed by atoms with Gasteiger partial charge in [-0.1, -0.05) is 6.07 Å². The first kappa shape index (κ1) is 14.4. The second-order valence-corrected chi connectivity index (χ2v) is 6.07. The Morgan fingerprint density at radius 1 is 1.24 bits per heavy atom. The van der Waals surface area contributed by atoms with Gasteiger partial charge in [0.1, 0.15) is 11.6 Å². The maximum Gasteiger partial charge on any atom is 0.223 e. The van der Waals surface area contributed by atoms with Gasteiger partial charge in [-0.3, -0.25) is 4.79 Å². The minimum absolute atomic E-state index is 0.0000694. The van der Waals surface area contributed by atoms with E-state index in [9.17, 15) is 13.6 Å². The van der Waals surface area contributed by atoms with E-state index in [0.29, 0.717) is 18.4 Å². The number of nitrogens with one attached hydrogen (secondary N) is 2. The Kier molecular flexibility index (Phi) is 3.93. The summed E-state index contributed by atoms with van der Waals surface area (Å²) < 4.78 is 27.1.